The summed E-state index contributed by atoms with van der Waals surface area (Å²) in [7, 11) is 0. The fraction of sp³-hybridized carbons (Fsp3) is 0.333. The number of fused-ring (bicyclic) bond motifs is 1. The molecule has 0 aromatic heterocycles. The van der Waals surface area contributed by atoms with Gasteiger partial charge in [-0.15, -0.1) is 0 Å². The van der Waals surface area contributed by atoms with Crippen LogP contribution in [-0.4, -0.2) is 11.7 Å². The van der Waals surface area contributed by atoms with Gasteiger partial charge < -0.3 is 19.5 Å². The van der Waals surface area contributed by atoms with Crippen molar-refractivity contribution in [2.45, 2.75) is 77.6 Å². The first-order valence-electron chi connectivity index (χ1n) is 14.3. The fourth-order valence-electron chi connectivity index (χ4n) is 5.21. The van der Waals surface area contributed by atoms with Gasteiger partial charge in [0.05, 0.1) is 13.2 Å². The molecule has 1 N–H and O–H groups in total. The summed E-state index contributed by atoms with van der Waals surface area (Å²) < 4.78 is 19.9. The predicted molar refractivity (Wildman–Crippen MR) is 168 cm³/mol. The van der Waals surface area contributed by atoms with E-state index in [1.54, 1.807) is 0 Å². The molecule has 1 heterocycles. The Morgan fingerprint density at radius 1 is 0.780 bits per heavy atom. The van der Waals surface area contributed by atoms with E-state index in [4.69, 9.17) is 25.8 Å². The van der Waals surface area contributed by atoms with Crippen molar-refractivity contribution in [2.75, 3.05) is 5.32 Å². The maximum atomic E-state index is 6.68. The summed E-state index contributed by atoms with van der Waals surface area (Å²) in [6.07, 6.45) is -0.653. The molecule has 0 saturated heterocycles. The lowest BCUT2D eigenvalue weighted by atomic mass is 9.86. The van der Waals surface area contributed by atoms with Gasteiger partial charge in [-0.3, -0.25) is 0 Å². The first-order chi connectivity index (χ1) is 19.6. The standard InChI is InChI=1S/C36H40ClNO3/c1-35(2,3)28-16-14-26(15-17-28)24-40-34-33(39-23-25-10-7-6-8-11-25)31-21-30(18-19-32(31)41-36(34,4)5)38-22-27-12-9-13-29(37)20-27/h6-21,33-34,38H,22-24H2,1-5H3. The Hall–Kier alpha value is -3.31. The molecule has 4 aromatic carbocycles. The molecule has 5 rings (SSSR count). The Kier molecular flexibility index (Phi) is 8.74. The number of nitrogens with one attached hydrogen (secondary N) is 1. The third kappa shape index (κ3) is 7.32. The molecule has 4 aromatic rings. The Bertz CT molecular complexity index is 1440. The van der Waals surface area contributed by atoms with Crippen molar-refractivity contribution in [3.8, 4) is 5.75 Å². The van der Waals surface area contributed by atoms with Crippen LogP contribution in [0.2, 0.25) is 5.02 Å². The molecular weight excluding hydrogens is 530 g/mol. The van der Waals surface area contributed by atoms with Crippen LogP contribution in [0.5, 0.6) is 5.75 Å². The molecule has 5 heteroatoms. The van der Waals surface area contributed by atoms with E-state index >= 15 is 0 Å². The molecule has 4 nitrogen and oxygen atoms in total. The summed E-state index contributed by atoms with van der Waals surface area (Å²) in [5.41, 5.74) is 6.12. The van der Waals surface area contributed by atoms with Gasteiger partial charge in [0.15, 0.2) is 0 Å². The fourth-order valence-corrected chi connectivity index (χ4v) is 5.42. The third-order valence-corrected chi connectivity index (χ3v) is 7.79. The summed E-state index contributed by atoms with van der Waals surface area (Å²) >= 11 is 6.20. The van der Waals surface area contributed by atoms with Crippen molar-refractivity contribution in [1.82, 2.24) is 0 Å². The van der Waals surface area contributed by atoms with Crippen LogP contribution < -0.4 is 10.1 Å². The first kappa shape index (κ1) is 29.2. The molecule has 1 aliphatic rings. The number of hydrogen-bond donors (Lipinski definition) is 1. The van der Waals surface area contributed by atoms with E-state index in [0.29, 0.717) is 19.8 Å². The van der Waals surface area contributed by atoms with E-state index in [9.17, 15) is 0 Å². The molecule has 0 bridgehead atoms. The van der Waals surface area contributed by atoms with E-state index in [1.165, 1.54) is 5.56 Å². The van der Waals surface area contributed by atoms with E-state index in [0.717, 1.165) is 38.7 Å². The lowest BCUT2D eigenvalue weighted by molar-refractivity contribution is -0.170. The van der Waals surface area contributed by atoms with E-state index < -0.39 is 5.60 Å². The smallest absolute Gasteiger partial charge is 0.132 e. The number of halogens is 1. The van der Waals surface area contributed by atoms with Gasteiger partial charge in [-0.05, 0) is 71.8 Å². The highest BCUT2D eigenvalue weighted by molar-refractivity contribution is 6.30. The van der Waals surface area contributed by atoms with Crippen molar-refractivity contribution in [3.05, 3.63) is 130 Å². The molecule has 0 saturated carbocycles. The number of hydrogen-bond acceptors (Lipinski definition) is 4. The number of benzene rings is 4. The molecule has 0 spiro atoms. The maximum absolute atomic E-state index is 6.68. The lowest BCUT2D eigenvalue weighted by Gasteiger charge is -2.44. The first-order valence-corrected chi connectivity index (χ1v) is 14.6. The molecular formula is C36H40ClNO3. The minimum Gasteiger partial charge on any atom is -0.485 e. The molecule has 0 radical (unpaired) electrons. The second-order valence-electron chi connectivity index (χ2n) is 12.3. The minimum absolute atomic E-state index is 0.108. The SMILES string of the molecule is CC(C)(C)c1ccc(COC2C(OCc3ccccc3)c3cc(NCc4cccc(Cl)c4)ccc3OC2(C)C)cc1. The van der Waals surface area contributed by atoms with Gasteiger partial charge in [-0.1, -0.05) is 99.1 Å². The van der Waals surface area contributed by atoms with Crippen molar-refractivity contribution < 1.29 is 14.2 Å². The van der Waals surface area contributed by atoms with Crippen LogP contribution in [0, 0.1) is 0 Å². The largest absolute Gasteiger partial charge is 0.485 e. The highest BCUT2D eigenvalue weighted by Gasteiger charge is 2.45. The second-order valence-corrected chi connectivity index (χ2v) is 12.8. The highest BCUT2D eigenvalue weighted by Crippen LogP contribution is 2.45. The summed E-state index contributed by atoms with van der Waals surface area (Å²) in [6, 6.07) is 33.0. The Balaban J connectivity index is 1.40. The second kappa shape index (κ2) is 12.3. The Morgan fingerprint density at radius 3 is 2.17 bits per heavy atom. The van der Waals surface area contributed by atoms with Gasteiger partial charge in [0.1, 0.15) is 23.6 Å². The molecule has 1 aliphatic heterocycles. The zero-order valence-corrected chi connectivity index (χ0v) is 25.4. The van der Waals surface area contributed by atoms with E-state index in [1.807, 2.05) is 48.5 Å². The third-order valence-electron chi connectivity index (χ3n) is 7.56. The number of anilines is 1. The predicted octanol–water partition coefficient (Wildman–Crippen LogP) is 9.26. The zero-order chi connectivity index (χ0) is 29.0. The highest BCUT2D eigenvalue weighted by atomic mass is 35.5. The normalized spacial score (nSPS) is 17.9. The van der Waals surface area contributed by atoms with Gasteiger partial charge in [0, 0.05) is 22.8 Å². The summed E-state index contributed by atoms with van der Waals surface area (Å²) in [4.78, 5) is 0. The molecule has 0 amide bonds. The summed E-state index contributed by atoms with van der Waals surface area (Å²) in [5.74, 6) is 0.816. The Labute approximate surface area is 249 Å². The molecule has 2 atom stereocenters. The van der Waals surface area contributed by atoms with Crippen molar-refractivity contribution in [3.63, 3.8) is 0 Å². The van der Waals surface area contributed by atoms with E-state index in [2.05, 4.69) is 88.5 Å². The zero-order valence-electron chi connectivity index (χ0n) is 24.6. The lowest BCUT2D eigenvalue weighted by Crippen LogP contribution is -2.50. The molecule has 0 aliphatic carbocycles. The Morgan fingerprint density at radius 2 is 1.46 bits per heavy atom. The van der Waals surface area contributed by atoms with Crippen molar-refractivity contribution in [2.24, 2.45) is 0 Å². The van der Waals surface area contributed by atoms with Crippen LogP contribution in [0.15, 0.2) is 97.1 Å². The van der Waals surface area contributed by atoms with Gasteiger partial charge in [0.25, 0.3) is 0 Å². The molecule has 41 heavy (non-hydrogen) atoms. The van der Waals surface area contributed by atoms with Crippen molar-refractivity contribution in [1.29, 1.82) is 0 Å². The van der Waals surface area contributed by atoms with Crippen molar-refractivity contribution >= 4 is 17.3 Å². The monoisotopic (exact) mass is 569 g/mol. The maximum Gasteiger partial charge on any atom is 0.132 e. The summed E-state index contributed by atoms with van der Waals surface area (Å²) in [5, 5.41) is 4.26. The summed E-state index contributed by atoms with van der Waals surface area (Å²) in [6.45, 7) is 12.4. The van der Waals surface area contributed by atoms with Gasteiger partial charge >= 0.3 is 0 Å². The topological polar surface area (TPSA) is 39.7 Å². The van der Waals surface area contributed by atoms with Gasteiger partial charge in [0.2, 0.25) is 0 Å². The van der Waals surface area contributed by atoms with Gasteiger partial charge in [-0.2, -0.15) is 0 Å². The van der Waals surface area contributed by atoms with Crippen LogP contribution in [0.3, 0.4) is 0 Å². The molecule has 2 unspecified atom stereocenters. The van der Waals surface area contributed by atoms with Crippen LogP contribution in [0.4, 0.5) is 5.69 Å². The van der Waals surface area contributed by atoms with Crippen LogP contribution in [0.25, 0.3) is 0 Å². The van der Waals surface area contributed by atoms with Crippen LogP contribution in [0.1, 0.15) is 68.5 Å². The average molecular weight is 570 g/mol. The van der Waals surface area contributed by atoms with Crippen LogP contribution >= 0.6 is 11.6 Å². The number of ether oxygens (including phenoxy) is 3. The van der Waals surface area contributed by atoms with E-state index in [-0.39, 0.29) is 17.6 Å². The van der Waals surface area contributed by atoms with Crippen LogP contribution in [-0.2, 0) is 34.6 Å². The average Bonchev–Trinajstić information content (AvgIpc) is 2.94. The van der Waals surface area contributed by atoms with Gasteiger partial charge in [-0.25, -0.2) is 0 Å². The molecule has 0 fully saturated rings. The molecule has 214 valence electrons. The number of rotatable bonds is 9. The quantitative estimate of drug-likeness (QED) is 0.218. The minimum atomic E-state index is -0.602.